The van der Waals surface area contributed by atoms with Gasteiger partial charge >= 0.3 is 0 Å². The lowest BCUT2D eigenvalue weighted by molar-refractivity contribution is -0.649. The molecule has 2 heterocycles. The van der Waals surface area contributed by atoms with E-state index in [9.17, 15) is 0 Å². The summed E-state index contributed by atoms with van der Waals surface area (Å²) in [6.07, 6.45) is 3.38. The van der Waals surface area contributed by atoms with Crippen molar-refractivity contribution in [2.75, 3.05) is 5.73 Å². The van der Waals surface area contributed by atoms with Crippen LogP contribution < -0.4 is 10.3 Å². The van der Waals surface area contributed by atoms with Crippen molar-refractivity contribution in [3.8, 4) is 0 Å². The van der Waals surface area contributed by atoms with E-state index in [0.717, 1.165) is 11.2 Å². The number of imidazole rings is 1. The van der Waals surface area contributed by atoms with Crippen molar-refractivity contribution in [3.05, 3.63) is 12.7 Å². The molecule has 0 spiro atoms. The van der Waals surface area contributed by atoms with Gasteiger partial charge in [-0.1, -0.05) is 9.97 Å². The molecular weight excluding hydrogens is 154 g/mol. The van der Waals surface area contributed by atoms with Gasteiger partial charge in [-0.15, -0.1) is 0 Å². The zero-order valence-electron chi connectivity index (χ0n) is 7.02. The van der Waals surface area contributed by atoms with Crippen molar-refractivity contribution in [2.45, 2.75) is 0 Å². The molecule has 0 aromatic carbocycles. The lowest BCUT2D eigenvalue weighted by atomic mass is 10.5. The molecule has 5 heteroatoms. The summed E-state index contributed by atoms with van der Waals surface area (Å²) in [6.45, 7) is 0. The summed E-state index contributed by atoms with van der Waals surface area (Å²) in [6, 6.07) is 0. The number of rotatable bonds is 0. The van der Waals surface area contributed by atoms with Crippen LogP contribution in [0.25, 0.3) is 11.2 Å². The monoisotopic (exact) mass is 164 g/mol. The Morgan fingerprint density at radius 3 is 2.92 bits per heavy atom. The number of nitrogens with two attached hydrogens (primary N) is 1. The Morgan fingerprint density at radius 1 is 1.50 bits per heavy atom. The average molecular weight is 164 g/mol. The SMILES string of the molecule is Cn1cnc2c1c(N)nc[n+]2C. The van der Waals surface area contributed by atoms with Gasteiger partial charge in [0, 0.05) is 7.05 Å². The van der Waals surface area contributed by atoms with Crippen molar-refractivity contribution in [1.29, 1.82) is 0 Å². The number of aromatic nitrogens is 4. The van der Waals surface area contributed by atoms with Gasteiger partial charge in [0.05, 0.1) is 7.05 Å². The van der Waals surface area contributed by atoms with Crippen molar-refractivity contribution in [2.24, 2.45) is 14.1 Å². The predicted octanol–water partition coefficient (Wildman–Crippen LogP) is -0.625. The van der Waals surface area contributed by atoms with Gasteiger partial charge in [0.15, 0.2) is 11.8 Å². The molecule has 0 bridgehead atoms. The number of hydrogen-bond acceptors (Lipinski definition) is 3. The molecule has 2 rings (SSSR count). The summed E-state index contributed by atoms with van der Waals surface area (Å²) in [5.74, 6) is 0.517. The summed E-state index contributed by atoms with van der Waals surface area (Å²) < 4.78 is 3.70. The number of hydrogen-bond donors (Lipinski definition) is 1. The minimum Gasteiger partial charge on any atom is -0.368 e. The zero-order valence-corrected chi connectivity index (χ0v) is 7.02. The Kier molecular flexibility index (Phi) is 1.27. The molecule has 0 aliphatic carbocycles. The van der Waals surface area contributed by atoms with E-state index in [1.807, 2.05) is 23.2 Å². The van der Waals surface area contributed by atoms with Gasteiger partial charge in [0.1, 0.15) is 0 Å². The third-order valence-electron chi connectivity index (χ3n) is 1.86. The first kappa shape index (κ1) is 7.02. The number of nitrogen functional groups attached to an aromatic ring is 1. The van der Waals surface area contributed by atoms with E-state index in [0.29, 0.717) is 5.82 Å². The van der Waals surface area contributed by atoms with Crippen LogP contribution in [0, 0.1) is 0 Å². The second kappa shape index (κ2) is 2.17. The van der Waals surface area contributed by atoms with Crippen LogP contribution in [0.15, 0.2) is 12.7 Å². The molecule has 2 aromatic rings. The third-order valence-corrected chi connectivity index (χ3v) is 1.86. The maximum atomic E-state index is 5.69. The van der Waals surface area contributed by atoms with E-state index < -0.39 is 0 Å². The summed E-state index contributed by atoms with van der Waals surface area (Å²) in [4.78, 5) is 8.20. The third kappa shape index (κ3) is 0.761. The summed E-state index contributed by atoms with van der Waals surface area (Å²) >= 11 is 0. The van der Waals surface area contributed by atoms with E-state index in [-0.39, 0.29) is 0 Å². The molecule has 2 aromatic heterocycles. The minimum atomic E-state index is 0.517. The molecule has 0 saturated carbocycles. The topological polar surface area (TPSA) is 60.6 Å². The lowest BCUT2D eigenvalue weighted by Crippen LogP contribution is -2.30. The second-order valence-corrected chi connectivity index (χ2v) is 2.77. The predicted molar refractivity (Wildman–Crippen MR) is 44.1 cm³/mol. The average Bonchev–Trinajstić information content (AvgIpc) is 2.42. The molecule has 12 heavy (non-hydrogen) atoms. The number of nitrogens with zero attached hydrogens (tertiary/aromatic N) is 4. The maximum absolute atomic E-state index is 5.69. The smallest absolute Gasteiger partial charge is 0.293 e. The van der Waals surface area contributed by atoms with Crippen LogP contribution >= 0.6 is 0 Å². The quantitative estimate of drug-likeness (QED) is 0.528. The highest BCUT2D eigenvalue weighted by Gasteiger charge is 2.13. The summed E-state index contributed by atoms with van der Waals surface area (Å²) in [5.41, 5.74) is 7.41. The van der Waals surface area contributed by atoms with Gasteiger partial charge in [-0.3, -0.25) is 0 Å². The van der Waals surface area contributed by atoms with E-state index in [1.54, 1.807) is 12.7 Å². The number of fused-ring (bicyclic) bond motifs is 1. The molecule has 5 nitrogen and oxygen atoms in total. The van der Waals surface area contributed by atoms with E-state index in [4.69, 9.17) is 5.73 Å². The standard InChI is InChI=1S/C7H9N5/c1-11-4-10-7-5(11)6(8)9-3-12(7)2/h3-4,8H,1-2H3/p+1. The first-order valence-corrected chi connectivity index (χ1v) is 3.61. The molecule has 2 N–H and O–H groups in total. The Labute approximate surface area is 69.5 Å². The van der Waals surface area contributed by atoms with Crippen LogP contribution in [0.1, 0.15) is 0 Å². The van der Waals surface area contributed by atoms with Gasteiger partial charge in [0.2, 0.25) is 12.1 Å². The van der Waals surface area contributed by atoms with Crippen molar-refractivity contribution < 1.29 is 4.57 Å². The normalized spacial score (nSPS) is 10.8. The minimum absolute atomic E-state index is 0.517. The Morgan fingerprint density at radius 2 is 2.25 bits per heavy atom. The van der Waals surface area contributed by atoms with Gasteiger partial charge < -0.3 is 10.3 Å². The van der Waals surface area contributed by atoms with Crippen molar-refractivity contribution >= 4 is 17.0 Å². The van der Waals surface area contributed by atoms with Gasteiger partial charge in [0.25, 0.3) is 5.65 Å². The molecule has 62 valence electrons. The molecule has 0 amide bonds. The molecule has 0 aliphatic rings. The zero-order chi connectivity index (χ0) is 8.72. The van der Waals surface area contributed by atoms with E-state index >= 15 is 0 Å². The molecule has 0 fully saturated rings. The fourth-order valence-electron chi connectivity index (χ4n) is 1.24. The maximum Gasteiger partial charge on any atom is 0.293 e. The summed E-state index contributed by atoms with van der Waals surface area (Å²) in [7, 11) is 3.79. The highest BCUT2D eigenvalue weighted by atomic mass is 15.1. The number of anilines is 1. The Balaban J connectivity index is 2.98. The Hall–Kier alpha value is -1.65. The van der Waals surface area contributed by atoms with Gasteiger partial charge in [-0.05, 0) is 0 Å². The summed E-state index contributed by atoms with van der Waals surface area (Å²) in [5, 5.41) is 0. The van der Waals surface area contributed by atoms with Gasteiger partial charge in [-0.25, -0.2) is 4.57 Å². The first-order valence-electron chi connectivity index (χ1n) is 3.61. The molecule has 0 unspecified atom stereocenters. The first-order chi connectivity index (χ1) is 5.70. The fourth-order valence-corrected chi connectivity index (χ4v) is 1.24. The molecular formula is C7H10N5+. The molecule has 0 radical (unpaired) electrons. The van der Waals surface area contributed by atoms with Crippen LogP contribution in [0.3, 0.4) is 0 Å². The Bertz CT molecular complexity index is 431. The van der Waals surface area contributed by atoms with Crippen LogP contribution in [0.4, 0.5) is 5.82 Å². The second-order valence-electron chi connectivity index (χ2n) is 2.77. The largest absolute Gasteiger partial charge is 0.368 e. The number of aryl methyl sites for hydroxylation is 2. The van der Waals surface area contributed by atoms with Gasteiger partial charge in [-0.2, -0.15) is 0 Å². The van der Waals surface area contributed by atoms with Crippen LogP contribution in [0.2, 0.25) is 0 Å². The fraction of sp³-hybridized carbons (Fsp3) is 0.286. The van der Waals surface area contributed by atoms with Crippen molar-refractivity contribution in [1.82, 2.24) is 14.5 Å². The lowest BCUT2D eigenvalue weighted by Gasteiger charge is -1.94. The van der Waals surface area contributed by atoms with Crippen molar-refractivity contribution in [3.63, 3.8) is 0 Å². The van der Waals surface area contributed by atoms with Crippen LogP contribution in [0.5, 0.6) is 0 Å². The highest BCUT2D eigenvalue weighted by Crippen LogP contribution is 2.11. The van der Waals surface area contributed by atoms with Crippen LogP contribution in [-0.2, 0) is 14.1 Å². The van der Waals surface area contributed by atoms with Crippen LogP contribution in [-0.4, -0.2) is 14.5 Å². The highest BCUT2D eigenvalue weighted by molar-refractivity contribution is 5.78. The molecule has 0 atom stereocenters. The molecule has 0 aliphatic heterocycles. The molecule has 0 saturated heterocycles. The van der Waals surface area contributed by atoms with E-state index in [2.05, 4.69) is 9.97 Å². The van der Waals surface area contributed by atoms with E-state index in [1.165, 1.54) is 0 Å².